The van der Waals surface area contributed by atoms with Crippen molar-refractivity contribution in [1.82, 2.24) is 19.3 Å². The average molecular weight is 472 g/mol. The number of hydrogen-bond acceptors (Lipinski definition) is 5. The number of anilines is 1. The van der Waals surface area contributed by atoms with E-state index in [0.29, 0.717) is 10.9 Å². The number of ether oxygens (including phenoxy) is 1. The van der Waals surface area contributed by atoms with Gasteiger partial charge in [-0.25, -0.2) is 0 Å². The SMILES string of the molecule is CCn1c2ccccc2c2cc(NC(=O)C(C)Sc3nncn3-c3ccccc3OC)ccc21. The van der Waals surface area contributed by atoms with Crippen LogP contribution < -0.4 is 10.1 Å². The molecular formula is C26H25N5O2S. The molecule has 34 heavy (non-hydrogen) atoms. The maximum absolute atomic E-state index is 13.1. The number of thioether (sulfide) groups is 1. The van der Waals surface area contributed by atoms with E-state index < -0.39 is 0 Å². The predicted octanol–water partition coefficient (Wildman–Crippen LogP) is 5.52. The maximum atomic E-state index is 13.1. The third-order valence-corrected chi connectivity index (χ3v) is 6.93. The van der Waals surface area contributed by atoms with E-state index in [0.717, 1.165) is 28.8 Å². The number of hydrogen-bond donors (Lipinski definition) is 1. The van der Waals surface area contributed by atoms with Crippen molar-refractivity contribution in [2.45, 2.75) is 30.8 Å². The zero-order valence-electron chi connectivity index (χ0n) is 19.2. The van der Waals surface area contributed by atoms with Crippen LogP contribution >= 0.6 is 11.8 Å². The monoisotopic (exact) mass is 471 g/mol. The van der Waals surface area contributed by atoms with Gasteiger partial charge >= 0.3 is 0 Å². The predicted molar refractivity (Wildman–Crippen MR) is 137 cm³/mol. The molecule has 0 saturated heterocycles. The Hall–Kier alpha value is -3.78. The van der Waals surface area contributed by atoms with E-state index in [2.05, 4.69) is 57.3 Å². The number of aromatic nitrogens is 4. The largest absolute Gasteiger partial charge is 0.495 e. The van der Waals surface area contributed by atoms with Crippen molar-refractivity contribution >= 4 is 45.2 Å². The number of fused-ring (bicyclic) bond motifs is 3. The number of aryl methyl sites for hydroxylation is 1. The van der Waals surface area contributed by atoms with Gasteiger partial charge in [0, 0.05) is 34.0 Å². The molecule has 5 aromatic rings. The third-order valence-electron chi connectivity index (χ3n) is 5.87. The molecule has 0 saturated carbocycles. The van der Waals surface area contributed by atoms with E-state index in [9.17, 15) is 4.79 Å². The van der Waals surface area contributed by atoms with Gasteiger partial charge in [-0.1, -0.05) is 42.1 Å². The van der Waals surface area contributed by atoms with Crippen molar-refractivity contribution in [1.29, 1.82) is 0 Å². The second kappa shape index (κ2) is 9.23. The van der Waals surface area contributed by atoms with Gasteiger partial charge in [0.15, 0.2) is 5.16 Å². The molecule has 0 radical (unpaired) electrons. The summed E-state index contributed by atoms with van der Waals surface area (Å²) in [4.78, 5) is 13.1. The van der Waals surface area contributed by atoms with Crippen LogP contribution in [0.4, 0.5) is 5.69 Å². The van der Waals surface area contributed by atoms with Gasteiger partial charge in [0.05, 0.1) is 18.0 Å². The van der Waals surface area contributed by atoms with Crippen molar-refractivity contribution in [2.24, 2.45) is 0 Å². The number of nitrogens with zero attached hydrogens (tertiary/aromatic N) is 4. The van der Waals surface area contributed by atoms with Gasteiger partial charge in [-0.05, 0) is 50.2 Å². The van der Waals surface area contributed by atoms with Gasteiger partial charge in [0.25, 0.3) is 0 Å². The zero-order chi connectivity index (χ0) is 23.7. The molecule has 1 amide bonds. The Kier molecular flexibility index (Phi) is 5.98. The summed E-state index contributed by atoms with van der Waals surface area (Å²) in [6.07, 6.45) is 1.63. The van der Waals surface area contributed by atoms with E-state index in [1.165, 1.54) is 22.7 Å². The lowest BCUT2D eigenvalue weighted by Gasteiger charge is -2.14. The molecule has 1 N–H and O–H groups in total. The highest BCUT2D eigenvalue weighted by Crippen LogP contribution is 2.32. The molecule has 3 aromatic carbocycles. The van der Waals surface area contributed by atoms with Gasteiger partial charge in [-0.15, -0.1) is 10.2 Å². The third kappa shape index (κ3) is 3.90. The van der Waals surface area contributed by atoms with Gasteiger partial charge < -0.3 is 14.6 Å². The molecule has 0 aliphatic rings. The van der Waals surface area contributed by atoms with Gasteiger partial charge in [0.2, 0.25) is 5.91 Å². The fraction of sp³-hybridized carbons (Fsp3) is 0.192. The topological polar surface area (TPSA) is 74.0 Å². The Morgan fingerprint density at radius 3 is 2.65 bits per heavy atom. The van der Waals surface area contributed by atoms with E-state index in [1.807, 2.05) is 47.9 Å². The smallest absolute Gasteiger partial charge is 0.237 e. The fourth-order valence-corrected chi connectivity index (χ4v) is 5.06. The summed E-state index contributed by atoms with van der Waals surface area (Å²) < 4.78 is 9.59. The number of benzene rings is 3. The lowest BCUT2D eigenvalue weighted by atomic mass is 10.1. The van der Waals surface area contributed by atoms with Crippen LogP contribution in [0.3, 0.4) is 0 Å². The molecule has 1 unspecified atom stereocenters. The van der Waals surface area contributed by atoms with Crippen LogP contribution in [0.1, 0.15) is 13.8 Å². The molecule has 5 rings (SSSR count). The van der Waals surface area contributed by atoms with Crippen molar-refractivity contribution in [3.8, 4) is 11.4 Å². The van der Waals surface area contributed by atoms with Gasteiger partial charge in [-0.3, -0.25) is 9.36 Å². The number of nitrogens with one attached hydrogen (secondary N) is 1. The summed E-state index contributed by atoms with van der Waals surface area (Å²) in [7, 11) is 1.63. The standard InChI is InChI=1S/C26H25N5O2S/c1-4-30-21-10-6-5-9-19(21)20-15-18(13-14-22(20)30)28-25(32)17(2)34-26-29-27-16-31(26)23-11-7-8-12-24(23)33-3/h5-17H,4H2,1-3H3,(H,28,32). The highest BCUT2D eigenvalue weighted by molar-refractivity contribution is 8.00. The van der Waals surface area contributed by atoms with Crippen LogP contribution in [-0.2, 0) is 11.3 Å². The molecule has 1 atom stereocenters. The number of rotatable bonds is 7. The van der Waals surface area contributed by atoms with Crippen LogP contribution in [0, 0.1) is 0 Å². The molecule has 0 fully saturated rings. The number of para-hydroxylation sites is 3. The van der Waals surface area contributed by atoms with Crippen LogP contribution in [0.2, 0.25) is 0 Å². The minimum absolute atomic E-state index is 0.0989. The molecule has 0 aliphatic heterocycles. The number of amides is 1. The fourth-order valence-electron chi connectivity index (χ4n) is 4.23. The molecule has 0 bridgehead atoms. The summed E-state index contributed by atoms with van der Waals surface area (Å²) in [5.41, 5.74) is 3.95. The minimum Gasteiger partial charge on any atom is -0.495 e. The van der Waals surface area contributed by atoms with E-state index >= 15 is 0 Å². The molecule has 8 heteroatoms. The van der Waals surface area contributed by atoms with Gasteiger partial charge in [0.1, 0.15) is 12.1 Å². The second-order valence-corrected chi connectivity index (χ2v) is 9.21. The van der Waals surface area contributed by atoms with E-state index in [4.69, 9.17) is 4.74 Å². The van der Waals surface area contributed by atoms with Crippen LogP contribution in [0.15, 0.2) is 78.2 Å². The molecule has 2 aromatic heterocycles. The Bertz CT molecular complexity index is 1490. The Morgan fingerprint density at radius 2 is 1.82 bits per heavy atom. The summed E-state index contributed by atoms with van der Waals surface area (Å²) in [5.74, 6) is 0.610. The normalized spacial score (nSPS) is 12.2. The number of carbonyl (C=O) groups is 1. The van der Waals surface area contributed by atoms with Gasteiger partial charge in [-0.2, -0.15) is 0 Å². The summed E-state index contributed by atoms with van der Waals surface area (Å²) in [5, 5.41) is 13.9. The summed E-state index contributed by atoms with van der Waals surface area (Å²) in [6.45, 7) is 4.89. The Balaban J connectivity index is 1.38. The highest BCUT2D eigenvalue weighted by Gasteiger charge is 2.20. The second-order valence-electron chi connectivity index (χ2n) is 7.90. The van der Waals surface area contributed by atoms with E-state index in [1.54, 1.807) is 13.4 Å². The Labute approximate surface area is 201 Å². The number of carbonyl (C=O) groups excluding carboxylic acids is 1. The maximum Gasteiger partial charge on any atom is 0.237 e. The van der Waals surface area contributed by atoms with E-state index in [-0.39, 0.29) is 11.2 Å². The molecule has 172 valence electrons. The first-order valence-electron chi connectivity index (χ1n) is 11.1. The molecule has 0 aliphatic carbocycles. The quantitative estimate of drug-likeness (QED) is 0.316. The van der Waals surface area contributed by atoms with Crippen molar-refractivity contribution in [2.75, 3.05) is 12.4 Å². The lowest BCUT2D eigenvalue weighted by molar-refractivity contribution is -0.115. The summed E-state index contributed by atoms with van der Waals surface area (Å²) >= 11 is 1.35. The molecular weight excluding hydrogens is 446 g/mol. The van der Waals surface area contributed by atoms with Crippen molar-refractivity contribution < 1.29 is 9.53 Å². The van der Waals surface area contributed by atoms with Crippen molar-refractivity contribution in [3.05, 3.63) is 73.1 Å². The first-order chi connectivity index (χ1) is 16.6. The molecule has 7 nitrogen and oxygen atoms in total. The molecule has 2 heterocycles. The first-order valence-corrected chi connectivity index (χ1v) is 12.0. The van der Waals surface area contributed by atoms with Crippen molar-refractivity contribution in [3.63, 3.8) is 0 Å². The average Bonchev–Trinajstić information content (AvgIpc) is 3.45. The summed E-state index contributed by atoms with van der Waals surface area (Å²) in [6, 6.07) is 22.1. The first kappa shape index (κ1) is 22.0. The highest BCUT2D eigenvalue weighted by atomic mass is 32.2. The minimum atomic E-state index is -0.384. The van der Waals surface area contributed by atoms with Crippen LogP contribution in [0.25, 0.3) is 27.5 Å². The number of methoxy groups -OCH3 is 1. The van der Waals surface area contributed by atoms with Crippen LogP contribution in [0.5, 0.6) is 5.75 Å². The zero-order valence-corrected chi connectivity index (χ0v) is 20.0. The van der Waals surface area contributed by atoms with Crippen LogP contribution in [-0.4, -0.2) is 37.6 Å². The lowest BCUT2D eigenvalue weighted by Crippen LogP contribution is -2.22. The Morgan fingerprint density at radius 1 is 1.06 bits per heavy atom. The molecule has 0 spiro atoms.